The van der Waals surface area contributed by atoms with E-state index in [0.717, 1.165) is 5.56 Å². The molecule has 0 bridgehead atoms. The van der Waals surface area contributed by atoms with E-state index in [1.807, 2.05) is 12.1 Å². The third-order valence-electron chi connectivity index (χ3n) is 5.86. The van der Waals surface area contributed by atoms with Crippen molar-refractivity contribution in [1.29, 1.82) is 0 Å². The van der Waals surface area contributed by atoms with Crippen LogP contribution in [0.3, 0.4) is 0 Å². The van der Waals surface area contributed by atoms with Crippen LogP contribution in [-0.4, -0.2) is 52.1 Å². The topological polar surface area (TPSA) is 99.7 Å². The molecule has 0 unspecified atom stereocenters. The summed E-state index contributed by atoms with van der Waals surface area (Å²) in [5, 5.41) is 4.33. The third-order valence-corrected chi connectivity index (χ3v) is 5.86. The zero-order chi connectivity index (χ0) is 25.9. The summed E-state index contributed by atoms with van der Waals surface area (Å²) in [6.07, 6.45) is -1.97. The standard InChI is InChI=1S/C25H25F3N4O4/c1-31-11-10-21(30-31)17-4-7-22(20(15-17)24(29)34)35-18-8-12-32(13-9-18)23(33)14-16-2-5-19(6-3-16)36-25(26,27)28/h2-7,10-11,15,18H,8-9,12-14H2,1H3,(H2,29,34). The van der Waals surface area contributed by atoms with E-state index in [-0.39, 0.29) is 29.7 Å². The summed E-state index contributed by atoms with van der Waals surface area (Å²) in [7, 11) is 1.80. The zero-order valence-corrected chi connectivity index (χ0v) is 19.5. The minimum Gasteiger partial charge on any atom is -0.489 e. The first-order valence-electron chi connectivity index (χ1n) is 11.3. The molecule has 1 aliphatic rings. The lowest BCUT2D eigenvalue weighted by atomic mass is 10.0. The molecule has 2 heterocycles. The van der Waals surface area contributed by atoms with Gasteiger partial charge in [-0.15, -0.1) is 13.2 Å². The van der Waals surface area contributed by atoms with E-state index in [0.29, 0.717) is 42.9 Å². The predicted molar refractivity (Wildman–Crippen MR) is 124 cm³/mol. The number of nitrogens with two attached hydrogens (primary N) is 1. The number of primary amides is 1. The molecule has 0 aliphatic carbocycles. The van der Waals surface area contributed by atoms with Crippen LogP contribution in [0.4, 0.5) is 13.2 Å². The molecular formula is C25H25F3N4O4. The van der Waals surface area contributed by atoms with Gasteiger partial charge in [0.15, 0.2) is 0 Å². The smallest absolute Gasteiger partial charge is 0.489 e. The van der Waals surface area contributed by atoms with Crippen LogP contribution in [0.15, 0.2) is 54.7 Å². The molecule has 2 N–H and O–H groups in total. The normalized spacial score (nSPS) is 14.5. The van der Waals surface area contributed by atoms with Gasteiger partial charge in [-0.25, -0.2) is 0 Å². The molecule has 4 rings (SSSR count). The van der Waals surface area contributed by atoms with Gasteiger partial charge < -0.3 is 20.1 Å². The molecule has 0 radical (unpaired) electrons. The molecule has 1 fully saturated rings. The molecule has 1 aromatic heterocycles. The van der Waals surface area contributed by atoms with Crippen molar-refractivity contribution in [3.8, 4) is 22.8 Å². The Morgan fingerprint density at radius 2 is 1.78 bits per heavy atom. The van der Waals surface area contributed by atoms with Crippen LogP contribution >= 0.6 is 0 Å². The van der Waals surface area contributed by atoms with Crippen molar-refractivity contribution in [3.63, 3.8) is 0 Å². The second kappa shape index (κ2) is 10.3. The summed E-state index contributed by atoms with van der Waals surface area (Å²) in [5.41, 5.74) is 7.89. The Hall–Kier alpha value is -4.02. The maximum atomic E-state index is 12.7. The molecule has 3 aromatic rings. The molecule has 2 amide bonds. The number of nitrogens with zero attached hydrogens (tertiary/aromatic N) is 3. The highest BCUT2D eigenvalue weighted by Crippen LogP contribution is 2.28. The first kappa shape index (κ1) is 25.1. The average molecular weight is 502 g/mol. The van der Waals surface area contributed by atoms with E-state index in [2.05, 4.69) is 9.84 Å². The Labute approximate surface area is 205 Å². The van der Waals surface area contributed by atoms with Crippen LogP contribution in [0.1, 0.15) is 28.8 Å². The Kier molecular flexibility index (Phi) is 7.18. The van der Waals surface area contributed by atoms with Gasteiger partial charge in [-0.1, -0.05) is 12.1 Å². The molecule has 8 nitrogen and oxygen atoms in total. The Morgan fingerprint density at radius 1 is 1.08 bits per heavy atom. The fourth-order valence-corrected chi connectivity index (χ4v) is 4.05. The lowest BCUT2D eigenvalue weighted by Gasteiger charge is -2.32. The Bertz CT molecular complexity index is 1230. The monoisotopic (exact) mass is 502 g/mol. The number of halogens is 3. The number of likely N-dealkylation sites (tertiary alicyclic amines) is 1. The Balaban J connectivity index is 1.32. The second-order valence-corrected chi connectivity index (χ2v) is 8.52. The van der Waals surface area contributed by atoms with Gasteiger partial charge in [0.2, 0.25) is 5.91 Å². The van der Waals surface area contributed by atoms with Gasteiger partial charge in [-0.05, 0) is 42.0 Å². The van der Waals surface area contributed by atoms with Crippen molar-refractivity contribution in [2.45, 2.75) is 31.7 Å². The lowest BCUT2D eigenvalue weighted by molar-refractivity contribution is -0.274. The van der Waals surface area contributed by atoms with Gasteiger partial charge >= 0.3 is 6.36 Å². The van der Waals surface area contributed by atoms with E-state index in [1.165, 1.54) is 24.3 Å². The molecule has 36 heavy (non-hydrogen) atoms. The lowest BCUT2D eigenvalue weighted by Crippen LogP contribution is -2.42. The first-order chi connectivity index (χ1) is 17.1. The van der Waals surface area contributed by atoms with Gasteiger partial charge in [-0.3, -0.25) is 14.3 Å². The van der Waals surface area contributed by atoms with Crippen molar-refractivity contribution in [3.05, 3.63) is 65.9 Å². The van der Waals surface area contributed by atoms with Crippen molar-refractivity contribution < 1.29 is 32.2 Å². The van der Waals surface area contributed by atoms with Gasteiger partial charge in [0.25, 0.3) is 5.91 Å². The molecular weight excluding hydrogens is 477 g/mol. The summed E-state index contributed by atoms with van der Waals surface area (Å²) >= 11 is 0. The molecule has 0 spiro atoms. The highest BCUT2D eigenvalue weighted by molar-refractivity contribution is 5.97. The second-order valence-electron chi connectivity index (χ2n) is 8.52. The molecule has 11 heteroatoms. The summed E-state index contributed by atoms with van der Waals surface area (Å²) in [6.45, 7) is 0.910. The molecule has 1 saturated heterocycles. The fraction of sp³-hybridized carbons (Fsp3) is 0.320. The van der Waals surface area contributed by atoms with Crippen molar-refractivity contribution >= 4 is 11.8 Å². The highest BCUT2D eigenvalue weighted by atomic mass is 19.4. The number of amides is 2. The SMILES string of the molecule is Cn1ccc(-c2ccc(OC3CCN(C(=O)Cc4ccc(OC(F)(F)F)cc4)CC3)c(C(N)=O)c2)n1. The number of aromatic nitrogens is 2. The highest BCUT2D eigenvalue weighted by Gasteiger charge is 2.31. The van der Waals surface area contributed by atoms with E-state index in [9.17, 15) is 22.8 Å². The van der Waals surface area contributed by atoms with Crippen LogP contribution in [0.5, 0.6) is 11.5 Å². The average Bonchev–Trinajstić information content (AvgIpc) is 3.26. The summed E-state index contributed by atoms with van der Waals surface area (Å²) in [4.78, 5) is 26.4. The number of benzene rings is 2. The number of hydrogen-bond donors (Lipinski definition) is 1. The largest absolute Gasteiger partial charge is 0.573 e. The molecule has 0 atom stereocenters. The van der Waals surface area contributed by atoms with Crippen LogP contribution in [0, 0.1) is 0 Å². The van der Waals surface area contributed by atoms with E-state index in [4.69, 9.17) is 10.5 Å². The number of ether oxygens (including phenoxy) is 2. The molecule has 1 aliphatic heterocycles. The van der Waals surface area contributed by atoms with Crippen LogP contribution < -0.4 is 15.2 Å². The molecule has 0 saturated carbocycles. The molecule has 190 valence electrons. The van der Waals surface area contributed by atoms with Gasteiger partial charge in [0, 0.05) is 44.7 Å². The van der Waals surface area contributed by atoms with Crippen molar-refractivity contribution in [2.24, 2.45) is 12.8 Å². The van der Waals surface area contributed by atoms with E-state index >= 15 is 0 Å². The number of piperidine rings is 1. The van der Waals surface area contributed by atoms with E-state index < -0.39 is 12.3 Å². The van der Waals surface area contributed by atoms with Gasteiger partial charge in [0.05, 0.1) is 17.7 Å². The summed E-state index contributed by atoms with van der Waals surface area (Å²) in [5.74, 6) is -0.689. The minimum absolute atomic E-state index is 0.0681. The van der Waals surface area contributed by atoms with Crippen molar-refractivity contribution in [1.82, 2.24) is 14.7 Å². The quantitative estimate of drug-likeness (QED) is 0.531. The number of carbonyl (C=O) groups excluding carboxylic acids is 2. The fourth-order valence-electron chi connectivity index (χ4n) is 4.05. The molecule has 2 aromatic carbocycles. The third kappa shape index (κ3) is 6.35. The number of aryl methyl sites for hydroxylation is 1. The van der Waals surface area contributed by atoms with Crippen LogP contribution in [0.2, 0.25) is 0 Å². The first-order valence-corrected chi connectivity index (χ1v) is 11.3. The zero-order valence-electron chi connectivity index (χ0n) is 19.5. The number of carbonyl (C=O) groups is 2. The Morgan fingerprint density at radius 3 is 2.36 bits per heavy atom. The summed E-state index contributed by atoms with van der Waals surface area (Å²) < 4.78 is 48.5. The van der Waals surface area contributed by atoms with Gasteiger partial charge in [0.1, 0.15) is 17.6 Å². The van der Waals surface area contributed by atoms with E-state index in [1.54, 1.807) is 35.0 Å². The minimum atomic E-state index is -4.76. The van der Waals surface area contributed by atoms with Crippen molar-refractivity contribution in [2.75, 3.05) is 13.1 Å². The predicted octanol–water partition coefficient (Wildman–Crippen LogP) is 3.70. The van der Waals surface area contributed by atoms with Crippen LogP contribution in [0.25, 0.3) is 11.3 Å². The summed E-state index contributed by atoms with van der Waals surface area (Å²) in [6, 6.07) is 12.3. The number of alkyl halides is 3. The number of hydrogen-bond acceptors (Lipinski definition) is 5. The number of rotatable bonds is 7. The van der Waals surface area contributed by atoms with Gasteiger partial charge in [-0.2, -0.15) is 5.10 Å². The maximum Gasteiger partial charge on any atom is 0.573 e. The van der Waals surface area contributed by atoms with Crippen LogP contribution in [-0.2, 0) is 18.3 Å². The maximum absolute atomic E-state index is 12.7.